The fourth-order valence-electron chi connectivity index (χ4n) is 2.48. The van der Waals surface area contributed by atoms with Gasteiger partial charge >= 0.3 is 0 Å². The number of nitriles is 1. The number of aromatic nitrogens is 3. The molecule has 0 bridgehead atoms. The van der Waals surface area contributed by atoms with E-state index in [0.717, 1.165) is 11.5 Å². The molecular formula is C15H16N6O. The minimum atomic E-state index is -0.165. The molecule has 0 unspecified atom stereocenters. The Kier molecular flexibility index (Phi) is 3.74. The number of amides is 1. The van der Waals surface area contributed by atoms with Crippen molar-refractivity contribution >= 4 is 11.7 Å². The quantitative estimate of drug-likeness (QED) is 0.863. The van der Waals surface area contributed by atoms with E-state index in [1.807, 2.05) is 25.1 Å². The Balaban J connectivity index is 1.67. The Morgan fingerprint density at radius 2 is 2.36 bits per heavy atom. The molecule has 112 valence electrons. The second kappa shape index (κ2) is 5.85. The first-order valence-electron chi connectivity index (χ1n) is 7.09. The van der Waals surface area contributed by atoms with Crippen LogP contribution in [0.3, 0.4) is 0 Å². The number of likely N-dealkylation sites (tertiary alicyclic amines) is 1. The van der Waals surface area contributed by atoms with E-state index in [9.17, 15) is 4.79 Å². The Bertz CT molecular complexity index is 732. The Morgan fingerprint density at radius 1 is 1.50 bits per heavy atom. The van der Waals surface area contributed by atoms with E-state index in [0.29, 0.717) is 25.3 Å². The summed E-state index contributed by atoms with van der Waals surface area (Å²) in [5, 5.41) is 11.6. The lowest BCUT2D eigenvalue weighted by Crippen LogP contribution is -2.25. The number of anilines is 1. The zero-order valence-electron chi connectivity index (χ0n) is 12.2. The number of nitrogens with zero attached hydrogens (tertiary/aromatic N) is 5. The molecule has 1 aliphatic rings. The van der Waals surface area contributed by atoms with Crippen LogP contribution in [-0.4, -0.2) is 38.4 Å². The highest BCUT2D eigenvalue weighted by Crippen LogP contribution is 2.17. The van der Waals surface area contributed by atoms with Crippen molar-refractivity contribution < 1.29 is 4.79 Å². The standard InChI is InChI=1S/C15H16N6O/c1-11-3-2-4-14(18-11)21-8-13(17-10-21)19-15(22)12-5-6-20(7-12)9-16/h2-4,8,10,12H,5-7H2,1H3,(H,19,22)/t12-/m0/s1. The minimum Gasteiger partial charge on any atom is -0.310 e. The van der Waals surface area contributed by atoms with Crippen LogP contribution in [0.1, 0.15) is 12.1 Å². The molecule has 1 amide bonds. The number of imidazole rings is 1. The van der Waals surface area contributed by atoms with Gasteiger partial charge < -0.3 is 10.2 Å². The largest absolute Gasteiger partial charge is 0.310 e. The van der Waals surface area contributed by atoms with Crippen molar-refractivity contribution in [2.45, 2.75) is 13.3 Å². The summed E-state index contributed by atoms with van der Waals surface area (Å²) in [6.45, 7) is 3.03. The molecule has 1 aliphatic heterocycles. The third-order valence-corrected chi connectivity index (χ3v) is 3.67. The van der Waals surface area contributed by atoms with E-state index in [1.54, 1.807) is 22.0 Å². The summed E-state index contributed by atoms with van der Waals surface area (Å²) in [4.78, 5) is 22.3. The lowest BCUT2D eigenvalue weighted by Gasteiger charge is -2.08. The van der Waals surface area contributed by atoms with Crippen LogP contribution in [0.15, 0.2) is 30.7 Å². The lowest BCUT2D eigenvalue weighted by atomic mass is 10.1. The van der Waals surface area contributed by atoms with Gasteiger partial charge in [-0.3, -0.25) is 9.36 Å². The molecule has 2 aromatic rings. The fourth-order valence-corrected chi connectivity index (χ4v) is 2.48. The van der Waals surface area contributed by atoms with Crippen LogP contribution < -0.4 is 5.32 Å². The molecule has 2 aromatic heterocycles. The van der Waals surface area contributed by atoms with Crippen LogP contribution in [0.4, 0.5) is 5.82 Å². The third kappa shape index (κ3) is 2.91. The van der Waals surface area contributed by atoms with Gasteiger partial charge in [-0.05, 0) is 25.5 Å². The summed E-state index contributed by atoms with van der Waals surface area (Å²) < 4.78 is 1.76. The van der Waals surface area contributed by atoms with Crippen molar-refractivity contribution in [3.8, 4) is 12.0 Å². The SMILES string of the molecule is Cc1cccc(-n2cnc(NC(=O)[C@H]3CCN(C#N)C3)c2)n1. The number of hydrogen-bond acceptors (Lipinski definition) is 5. The lowest BCUT2D eigenvalue weighted by molar-refractivity contribution is -0.119. The maximum atomic E-state index is 12.2. The molecule has 22 heavy (non-hydrogen) atoms. The molecular weight excluding hydrogens is 280 g/mol. The van der Waals surface area contributed by atoms with Gasteiger partial charge in [0, 0.05) is 18.8 Å². The number of rotatable bonds is 3. The Hall–Kier alpha value is -2.88. The molecule has 0 spiro atoms. The highest BCUT2D eigenvalue weighted by Gasteiger charge is 2.28. The zero-order chi connectivity index (χ0) is 15.5. The predicted molar refractivity (Wildman–Crippen MR) is 80.0 cm³/mol. The van der Waals surface area contributed by atoms with E-state index in [2.05, 4.69) is 21.5 Å². The highest BCUT2D eigenvalue weighted by molar-refractivity contribution is 5.92. The molecule has 3 heterocycles. The molecule has 0 saturated carbocycles. The average molecular weight is 296 g/mol. The van der Waals surface area contributed by atoms with E-state index < -0.39 is 0 Å². The molecule has 0 aromatic carbocycles. The maximum Gasteiger partial charge on any atom is 0.230 e. The van der Waals surface area contributed by atoms with Gasteiger partial charge in [0.2, 0.25) is 5.91 Å². The van der Waals surface area contributed by atoms with E-state index in [1.165, 1.54) is 0 Å². The van der Waals surface area contributed by atoms with Crippen LogP contribution >= 0.6 is 0 Å². The summed E-state index contributed by atoms with van der Waals surface area (Å²) in [6, 6.07) is 5.72. The molecule has 7 nitrogen and oxygen atoms in total. The summed E-state index contributed by atoms with van der Waals surface area (Å²) in [5.41, 5.74) is 0.916. The Labute approximate surface area is 128 Å². The molecule has 1 atom stereocenters. The first kappa shape index (κ1) is 14.1. The first-order chi connectivity index (χ1) is 10.7. The van der Waals surface area contributed by atoms with Gasteiger partial charge in [0.05, 0.1) is 12.1 Å². The van der Waals surface area contributed by atoms with Crippen LogP contribution in [-0.2, 0) is 4.79 Å². The molecule has 3 rings (SSSR count). The number of pyridine rings is 1. The van der Waals surface area contributed by atoms with Gasteiger partial charge in [0.1, 0.15) is 12.1 Å². The van der Waals surface area contributed by atoms with Gasteiger partial charge in [0.15, 0.2) is 12.0 Å². The van der Waals surface area contributed by atoms with Crippen molar-refractivity contribution in [2.24, 2.45) is 5.92 Å². The second-order valence-electron chi connectivity index (χ2n) is 5.32. The number of carbonyl (C=O) groups excluding carboxylic acids is 1. The molecule has 0 radical (unpaired) electrons. The van der Waals surface area contributed by atoms with Crippen molar-refractivity contribution in [3.05, 3.63) is 36.4 Å². The fraction of sp³-hybridized carbons (Fsp3) is 0.333. The average Bonchev–Trinajstić information content (AvgIpc) is 3.16. The van der Waals surface area contributed by atoms with Gasteiger partial charge in [-0.15, -0.1) is 0 Å². The second-order valence-corrected chi connectivity index (χ2v) is 5.32. The van der Waals surface area contributed by atoms with Crippen molar-refractivity contribution in [1.82, 2.24) is 19.4 Å². The first-order valence-corrected chi connectivity index (χ1v) is 7.09. The third-order valence-electron chi connectivity index (χ3n) is 3.67. The highest BCUT2D eigenvalue weighted by atomic mass is 16.2. The normalized spacial score (nSPS) is 17.3. The van der Waals surface area contributed by atoms with Gasteiger partial charge in [-0.2, -0.15) is 5.26 Å². The van der Waals surface area contributed by atoms with E-state index in [-0.39, 0.29) is 11.8 Å². The van der Waals surface area contributed by atoms with Crippen molar-refractivity contribution in [3.63, 3.8) is 0 Å². The summed E-state index contributed by atoms with van der Waals surface area (Å²) >= 11 is 0. The van der Waals surface area contributed by atoms with Crippen LogP contribution in [0.5, 0.6) is 0 Å². The smallest absolute Gasteiger partial charge is 0.230 e. The van der Waals surface area contributed by atoms with Crippen LogP contribution in [0.2, 0.25) is 0 Å². The predicted octanol–water partition coefficient (Wildman–Crippen LogP) is 1.32. The summed E-state index contributed by atoms with van der Waals surface area (Å²) in [6.07, 6.45) is 6.11. The molecule has 1 saturated heterocycles. The van der Waals surface area contributed by atoms with E-state index >= 15 is 0 Å². The topological polar surface area (TPSA) is 86.8 Å². The molecule has 0 aliphatic carbocycles. The molecule has 1 N–H and O–H groups in total. The monoisotopic (exact) mass is 296 g/mol. The maximum absolute atomic E-state index is 12.2. The van der Waals surface area contributed by atoms with Gasteiger partial charge in [-0.25, -0.2) is 9.97 Å². The van der Waals surface area contributed by atoms with Crippen molar-refractivity contribution in [1.29, 1.82) is 5.26 Å². The number of carbonyl (C=O) groups is 1. The molecule has 1 fully saturated rings. The zero-order valence-corrected chi connectivity index (χ0v) is 12.2. The van der Waals surface area contributed by atoms with Crippen LogP contribution in [0, 0.1) is 24.3 Å². The van der Waals surface area contributed by atoms with E-state index in [4.69, 9.17) is 5.26 Å². The number of nitrogens with one attached hydrogen (secondary N) is 1. The molecule has 7 heteroatoms. The Morgan fingerprint density at radius 3 is 3.09 bits per heavy atom. The minimum absolute atomic E-state index is 0.0970. The number of aryl methyl sites for hydroxylation is 1. The van der Waals surface area contributed by atoms with Crippen molar-refractivity contribution in [2.75, 3.05) is 18.4 Å². The van der Waals surface area contributed by atoms with Crippen LogP contribution in [0.25, 0.3) is 5.82 Å². The van der Waals surface area contributed by atoms with Gasteiger partial charge in [-0.1, -0.05) is 6.07 Å². The summed E-state index contributed by atoms with van der Waals surface area (Å²) in [5.74, 6) is 0.982. The summed E-state index contributed by atoms with van der Waals surface area (Å²) in [7, 11) is 0. The number of hydrogen-bond donors (Lipinski definition) is 1. The van der Waals surface area contributed by atoms with Gasteiger partial charge in [0.25, 0.3) is 0 Å².